The highest BCUT2D eigenvalue weighted by atomic mass is 19.1. The maximum Gasteiger partial charge on any atom is 0.324 e. The van der Waals surface area contributed by atoms with Gasteiger partial charge in [-0.3, -0.25) is 4.98 Å². The summed E-state index contributed by atoms with van der Waals surface area (Å²) in [5, 5.41) is 3.12. The van der Waals surface area contributed by atoms with Gasteiger partial charge >= 0.3 is 6.01 Å². The zero-order valence-electron chi connectivity index (χ0n) is 17.2. The van der Waals surface area contributed by atoms with Crippen LogP contribution in [0, 0.1) is 11.2 Å². The number of nitrogens with zero attached hydrogens (tertiary/aromatic N) is 4. The van der Waals surface area contributed by atoms with Crippen LogP contribution in [0.3, 0.4) is 0 Å². The molecule has 1 spiro atoms. The van der Waals surface area contributed by atoms with Crippen molar-refractivity contribution in [2.75, 3.05) is 30.4 Å². The summed E-state index contributed by atoms with van der Waals surface area (Å²) in [6, 6.07) is 7.11. The molecule has 3 heterocycles. The van der Waals surface area contributed by atoms with E-state index in [2.05, 4.69) is 15.2 Å². The Bertz CT molecular complexity index is 1180. The topological polar surface area (TPSA) is 89.2 Å². The maximum atomic E-state index is 14.4. The van der Waals surface area contributed by atoms with Crippen LogP contribution >= 0.6 is 0 Å². The van der Waals surface area contributed by atoms with Crippen molar-refractivity contribution >= 4 is 11.5 Å². The first-order chi connectivity index (χ1) is 15.1. The summed E-state index contributed by atoms with van der Waals surface area (Å²) >= 11 is 0. The van der Waals surface area contributed by atoms with Gasteiger partial charge in [0.15, 0.2) is 0 Å². The molecule has 0 bridgehead atoms. The van der Waals surface area contributed by atoms with Crippen LogP contribution in [-0.4, -0.2) is 41.1 Å². The Balaban J connectivity index is 1.49. The molecule has 3 N–H and O–H groups in total. The van der Waals surface area contributed by atoms with Crippen molar-refractivity contribution in [3.63, 3.8) is 0 Å². The molecule has 31 heavy (non-hydrogen) atoms. The van der Waals surface area contributed by atoms with Gasteiger partial charge < -0.3 is 20.7 Å². The summed E-state index contributed by atoms with van der Waals surface area (Å²) in [7, 11) is 1.80. The van der Waals surface area contributed by atoms with E-state index in [1.165, 1.54) is 6.07 Å². The monoisotopic (exact) mass is 418 g/mol. The minimum absolute atomic E-state index is 0.113. The van der Waals surface area contributed by atoms with Crippen LogP contribution in [0.4, 0.5) is 15.9 Å². The van der Waals surface area contributed by atoms with Gasteiger partial charge in [0.25, 0.3) is 0 Å². The molecule has 158 valence electrons. The molecule has 0 amide bonds. The van der Waals surface area contributed by atoms with E-state index in [4.69, 9.17) is 20.4 Å². The van der Waals surface area contributed by atoms with Crippen molar-refractivity contribution < 1.29 is 9.13 Å². The van der Waals surface area contributed by atoms with Gasteiger partial charge in [-0.25, -0.2) is 4.39 Å². The van der Waals surface area contributed by atoms with Crippen LogP contribution in [0.1, 0.15) is 24.1 Å². The maximum absolute atomic E-state index is 14.4. The van der Waals surface area contributed by atoms with Crippen LogP contribution in [0.5, 0.6) is 11.8 Å². The van der Waals surface area contributed by atoms with Crippen LogP contribution in [0.15, 0.2) is 36.7 Å². The van der Waals surface area contributed by atoms with Gasteiger partial charge in [-0.05, 0) is 48.2 Å². The van der Waals surface area contributed by atoms with Crippen molar-refractivity contribution in [3.05, 3.63) is 53.7 Å². The molecular formula is C23H23FN6O. The third kappa shape index (κ3) is 2.93. The second kappa shape index (κ2) is 6.62. The van der Waals surface area contributed by atoms with Gasteiger partial charge in [0.2, 0.25) is 0 Å². The largest absolute Gasteiger partial charge is 0.423 e. The molecule has 2 aromatic heterocycles. The van der Waals surface area contributed by atoms with Crippen LogP contribution in [0.2, 0.25) is 0 Å². The number of nitrogens with one attached hydrogen (secondary N) is 1. The Hall–Kier alpha value is -3.26. The first-order valence-electron chi connectivity index (χ1n) is 10.6. The molecule has 1 saturated carbocycles. The van der Waals surface area contributed by atoms with Crippen LogP contribution < -0.4 is 20.7 Å². The summed E-state index contributed by atoms with van der Waals surface area (Å²) in [6.45, 7) is 1.58. The fourth-order valence-electron chi connectivity index (χ4n) is 4.95. The Morgan fingerprint density at radius 2 is 2.16 bits per heavy atom. The molecule has 8 heteroatoms. The van der Waals surface area contributed by atoms with Gasteiger partial charge in [0, 0.05) is 55.5 Å². The van der Waals surface area contributed by atoms with Gasteiger partial charge in [0.05, 0.1) is 11.9 Å². The molecule has 1 aliphatic heterocycles. The Morgan fingerprint density at radius 1 is 1.29 bits per heavy atom. The lowest BCUT2D eigenvalue weighted by molar-refractivity contribution is 0.438. The second-order valence-electron chi connectivity index (χ2n) is 8.70. The van der Waals surface area contributed by atoms with Gasteiger partial charge in [-0.1, -0.05) is 0 Å². The summed E-state index contributed by atoms with van der Waals surface area (Å²) in [4.78, 5) is 15.8. The number of halogens is 1. The normalized spacial score (nSPS) is 20.0. The smallest absolute Gasteiger partial charge is 0.324 e. The van der Waals surface area contributed by atoms with E-state index in [1.807, 2.05) is 6.07 Å². The number of rotatable bonds is 4. The van der Waals surface area contributed by atoms with E-state index in [-0.39, 0.29) is 23.3 Å². The highest BCUT2D eigenvalue weighted by Crippen LogP contribution is 2.54. The number of fused-ring (bicyclic) bond motifs is 3. The first kappa shape index (κ1) is 18.5. The molecule has 7 nitrogen and oxygen atoms in total. The molecule has 1 atom stereocenters. The molecule has 3 aromatic rings. The first-order valence-corrected chi connectivity index (χ1v) is 10.6. The number of aromatic nitrogens is 3. The van der Waals surface area contributed by atoms with Crippen molar-refractivity contribution in [1.82, 2.24) is 15.0 Å². The van der Waals surface area contributed by atoms with Crippen molar-refractivity contribution in [1.29, 1.82) is 0 Å². The lowest BCUT2D eigenvalue weighted by atomic mass is 10.0. The third-order valence-corrected chi connectivity index (χ3v) is 6.79. The summed E-state index contributed by atoms with van der Waals surface area (Å²) in [6.07, 6.45) is 6.20. The van der Waals surface area contributed by atoms with Gasteiger partial charge in [-0.2, -0.15) is 9.97 Å². The third-order valence-electron chi connectivity index (χ3n) is 6.79. The predicted molar refractivity (Wildman–Crippen MR) is 116 cm³/mol. The molecule has 3 aliphatic rings. The van der Waals surface area contributed by atoms with E-state index in [1.54, 1.807) is 31.6 Å². The van der Waals surface area contributed by atoms with E-state index in [0.29, 0.717) is 12.2 Å². The summed E-state index contributed by atoms with van der Waals surface area (Å²) in [5.41, 5.74) is 11.0. The molecule has 0 radical (unpaired) electrons. The number of ether oxygens (including phenoxy) is 1. The molecule has 1 unspecified atom stereocenters. The number of nitrogens with two attached hydrogens (primary N) is 1. The van der Waals surface area contributed by atoms with Crippen molar-refractivity contribution in [2.45, 2.75) is 25.3 Å². The standard InChI is InChI=1S/C23H23FN6O/c1-26-17-8-13(24)7-16-15(17)9-18-20(16)21(30-11-19(25)23(12-30)4-5-23)29-22(28-18)31-14-3-2-6-27-10-14/h2-3,6-8,10,19,26H,4-5,9,11-12,25H2,1H3. The molecular weight excluding hydrogens is 395 g/mol. The summed E-state index contributed by atoms with van der Waals surface area (Å²) < 4.78 is 20.4. The van der Waals surface area contributed by atoms with E-state index < -0.39 is 0 Å². The lowest BCUT2D eigenvalue weighted by Crippen LogP contribution is -2.30. The zero-order valence-corrected chi connectivity index (χ0v) is 17.2. The van der Waals surface area contributed by atoms with Crippen molar-refractivity contribution in [3.8, 4) is 22.9 Å². The lowest BCUT2D eigenvalue weighted by Gasteiger charge is -2.21. The molecule has 2 fully saturated rings. The SMILES string of the molecule is CNc1cc(F)cc2c1Cc1nc(Oc3cccnc3)nc(N3CC(N)C4(CC4)C3)c1-2. The van der Waals surface area contributed by atoms with E-state index >= 15 is 0 Å². The Morgan fingerprint density at radius 3 is 2.87 bits per heavy atom. The van der Waals surface area contributed by atoms with Crippen LogP contribution in [-0.2, 0) is 6.42 Å². The number of hydrogen-bond acceptors (Lipinski definition) is 7. The molecule has 1 aromatic carbocycles. The number of benzene rings is 1. The highest BCUT2D eigenvalue weighted by Gasteiger charge is 2.54. The average molecular weight is 418 g/mol. The molecule has 2 aliphatic carbocycles. The predicted octanol–water partition coefficient (Wildman–Crippen LogP) is 3.34. The minimum atomic E-state index is -0.283. The Labute approximate surface area is 179 Å². The van der Waals surface area contributed by atoms with E-state index in [9.17, 15) is 4.39 Å². The quantitative estimate of drug-likeness (QED) is 0.525. The number of pyridine rings is 1. The minimum Gasteiger partial charge on any atom is -0.423 e. The highest BCUT2D eigenvalue weighted by molar-refractivity contribution is 5.88. The molecule has 6 rings (SSSR count). The second-order valence-corrected chi connectivity index (χ2v) is 8.70. The number of anilines is 2. The Kier molecular flexibility index (Phi) is 3.95. The molecule has 1 saturated heterocycles. The summed E-state index contributed by atoms with van der Waals surface area (Å²) in [5.74, 6) is 1.06. The zero-order chi connectivity index (χ0) is 21.2. The number of hydrogen-bond donors (Lipinski definition) is 2. The van der Waals surface area contributed by atoms with Crippen LogP contribution in [0.25, 0.3) is 11.1 Å². The fourth-order valence-corrected chi connectivity index (χ4v) is 4.95. The van der Waals surface area contributed by atoms with Crippen molar-refractivity contribution in [2.24, 2.45) is 11.1 Å². The van der Waals surface area contributed by atoms with E-state index in [0.717, 1.165) is 59.8 Å². The van der Waals surface area contributed by atoms with Gasteiger partial charge in [0.1, 0.15) is 17.4 Å². The van der Waals surface area contributed by atoms with Gasteiger partial charge in [-0.15, -0.1) is 0 Å². The average Bonchev–Trinajstić information content (AvgIpc) is 3.35. The fraction of sp³-hybridized carbons (Fsp3) is 0.348.